The Bertz CT molecular complexity index is 2990. The molecule has 2 heterocycles. The number of amides is 2. The fourth-order valence-corrected chi connectivity index (χ4v) is 16.4. The molecule has 6 unspecified atom stereocenters. The molecule has 864 valence electrons. The van der Waals surface area contributed by atoms with Gasteiger partial charge in [0, 0.05) is 125 Å². The number of ether oxygens (including phenoxy) is 20. The molecule has 2 aliphatic rings. The van der Waals surface area contributed by atoms with Gasteiger partial charge in [-0.25, -0.2) is 9.59 Å². The van der Waals surface area contributed by atoms with Crippen LogP contribution in [-0.2, 0) is 133 Å². The lowest BCUT2D eigenvalue weighted by Crippen LogP contribution is -2.38. The van der Waals surface area contributed by atoms with E-state index in [4.69, 9.17) is 94.7 Å². The Labute approximate surface area is 890 Å². The topological polar surface area (TPSA) is 371 Å². The van der Waals surface area contributed by atoms with Crippen molar-refractivity contribution in [1.29, 1.82) is 0 Å². The Hall–Kier alpha value is -5.94. The van der Waals surface area contributed by atoms with Gasteiger partial charge in [-0.2, -0.15) is 0 Å². The summed E-state index contributed by atoms with van der Waals surface area (Å²) in [5.74, 6) is -1.12. The first-order valence-electron chi connectivity index (χ1n) is 58.8. The molecule has 2 aliphatic heterocycles. The van der Waals surface area contributed by atoms with Crippen molar-refractivity contribution in [3.05, 3.63) is 0 Å². The van der Waals surface area contributed by atoms with E-state index in [0.29, 0.717) is 222 Å². The molecule has 0 aromatic carbocycles. The number of hydrogen-bond acceptors (Lipinski definition) is 30. The molecule has 2 amide bonds. The van der Waals surface area contributed by atoms with Crippen LogP contribution in [-0.4, -0.2) is 281 Å². The lowest BCUT2D eigenvalue weighted by molar-refractivity contribution is -0.151. The zero-order chi connectivity index (χ0) is 107. The number of hydrogen-bond donors (Lipinski definition) is 1. The number of alkyl carbamates (subject to hydrolysis) is 1. The second-order valence-electron chi connectivity index (χ2n) is 39.1. The van der Waals surface area contributed by atoms with Crippen LogP contribution < -0.4 is 5.32 Å². The molecule has 2 saturated heterocycles. The van der Waals surface area contributed by atoms with E-state index in [1.165, 1.54) is 108 Å². The maximum Gasteiger partial charge on any atom is 0.418 e. The molecule has 32 nitrogen and oxygen atoms in total. The van der Waals surface area contributed by atoms with Gasteiger partial charge in [0.15, 0.2) is 0 Å². The third-order valence-electron chi connectivity index (χ3n) is 25.5. The lowest BCUT2D eigenvalue weighted by atomic mass is 10.0. The highest BCUT2D eigenvalue weighted by Crippen LogP contribution is 2.26. The van der Waals surface area contributed by atoms with E-state index in [1.807, 2.05) is 0 Å². The van der Waals surface area contributed by atoms with Crippen LogP contribution in [0.2, 0.25) is 0 Å². The van der Waals surface area contributed by atoms with Crippen LogP contribution >= 0.6 is 0 Å². The monoisotopic (exact) mass is 2100 g/mol. The van der Waals surface area contributed by atoms with Gasteiger partial charge in [-0.05, 0) is 161 Å². The van der Waals surface area contributed by atoms with Gasteiger partial charge >= 0.3 is 59.9 Å². The minimum Gasteiger partial charge on any atom is -0.466 e. The second kappa shape index (κ2) is 111. The van der Waals surface area contributed by atoms with Crippen LogP contribution in [0.5, 0.6) is 0 Å². The maximum atomic E-state index is 12.8. The van der Waals surface area contributed by atoms with Crippen LogP contribution in [0, 0.1) is 0 Å². The van der Waals surface area contributed by atoms with E-state index >= 15 is 0 Å². The molecule has 2 fully saturated rings. The van der Waals surface area contributed by atoms with Crippen LogP contribution in [0.25, 0.3) is 0 Å². The normalized spacial score (nSPS) is 14.9. The largest absolute Gasteiger partial charge is 0.466 e. The van der Waals surface area contributed by atoms with E-state index in [2.05, 4.69) is 46.9 Å². The van der Waals surface area contributed by atoms with Crippen molar-refractivity contribution in [2.45, 2.75) is 502 Å². The fraction of sp³-hybridized carbons (Fsp3) is 0.913. The number of methoxy groups -OCH3 is 3. The molecule has 0 spiro atoms. The van der Waals surface area contributed by atoms with Crippen molar-refractivity contribution >= 4 is 59.9 Å². The predicted octanol–water partition coefficient (Wildman–Crippen LogP) is 24.6. The Morgan fingerprint density at radius 2 is 0.524 bits per heavy atom. The van der Waals surface area contributed by atoms with Gasteiger partial charge in [-0.1, -0.05) is 253 Å². The predicted molar refractivity (Wildman–Crippen MR) is 574 cm³/mol. The molecule has 147 heavy (non-hydrogen) atoms. The summed E-state index contributed by atoms with van der Waals surface area (Å²) in [5, 5.41) is 2.57. The van der Waals surface area contributed by atoms with Crippen LogP contribution in [0.1, 0.15) is 465 Å². The smallest absolute Gasteiger partial charge is 0.418 e. The molecule has 32 heteroatoms. The summed E-state index contributed by atoms with van der Waals surface area (Å²) in [6.45, 7) is 24.2. The zero-order valence-electron chi connectivity index (χ0n) is 94.3. The minimum absolute atomic E-state index is 0.0598. The maximum absolute atomic E-state index is 12.8. The molecule has 0 saturated carbocycles. The molecular formula is C115H214N2O30. The second-order valence-corrected chi connectivity index (χ2v) is 39.1. The molecule has 0 aromatic rings. The van der Waals surface area contributed by atoms with Gasteiger partial charge in [0.1, 0.15) is 43.2 Å². The van der Waals surface area contributed by atoms with Crippen molar-refractivity contribution in [1.82, 2.24) is 10.2 Å². The SMILES string of the molecule is CCCCCCCCOC(=O)CCCCCCC(CCCCCCCC(=O)OCCCCCC)OC(=O)CCCCOCCOC.CCCCCCCCOC(=O)CCCCOC1CN(C(=O)OC(=O)NCCCOCCOC)CC1OCCCCCCC(=O)OCCCCCC.CCCCCCCCOC(=O)CCCCOC1COC(COC(=O)CCCCOCCOC)C1OCCCCCCC(=O)OCCCCCC. The summed E-state index contributed by atoms with van der Waals surface area (Å²) in [6.07, 6.45) is 57.9. The van der Waals surface area contributed by atoms with Gasteiger partial charge in [-0.3, -0.25) is 38.4 Å². The fourth-order valence-electron chi connectivity index (χ4n) is 16.4. The average Bonchev–Trinajstić information content (AvgIpc) is 1.71. The first-order chi connectivity index (χ1) is 71.9. The number of unbranched alkanes of at least 4 members (excludes halogenated alkanes) is 41. The van der Waals surface area contributed by atoms with Crippen molar-refractivity contribution in [3.63, 3.8) is 0 Å². The third-order valence-corrected chi connectivity index (χ3v) is 25.5. The highest BCUT2D eigenvalue weighted by atomic mass is 16.6. The molecule has 0 aromatic heterocycles. The number of likely N-dealkylation sites (tertiary alicyclic amines) is 1. The summed E-state index contributed by atoms with van der Waals surface area (Å²) in [7, 11) is 4.89. The molecule has 6 atom stereocenters. The van der Waals surface area contributed by atoms with Gasteiger partial charge in [0.2, 0.25) is 0 Å². The standard InChI is InChI=1S/C39H72O11.C38H70N2O11.C38H72O8/c1-4-6-8-10-12-18-28-47-37(41)23-16-21-26-45-34-32-49-35(33-50-38(42)24-15-20-25-44-31-30-43-3)39(34)48-29-19-13-11-14-22-36(40)46-27-17-9-7-5-2;1-4-6-8-10-12-18-28-50-36(42)22-15-19-26-48-34-32-40(38(44)51-37(43)39-23-20-24-46-30-29-45-3)31-33(34)47-25-17-13-11-14-21-35(41)49-27-16-9-7-5-2;1-4-6-8-10-16-23-32-45-37(40)28-20-15-14-18-26-35(46-38(41)29-21-24-30-43-34-33-42-3)25-17-12-11-13-19-27-36(39)44-31-22-9-7-5-2/h34-35,39H,4-33H2,1-3H3;33-34H,4-32H2,1-3H3,(H,39,43);35H,4-34H2,1-3H3. The highest BCUT2D eigenvalue weighted by Gasteiger charge is 2.41. The Morgan fingerprint density at radius 1 is 0.265 bits per heavy atom. The Balaban J connectivity index is 0.00000218. The molecule has 2 rings (SSSR count). The van der Waals surface area contributed by atoms with E-state index in [1.54, 1.807) is 21.3 Å². The average molecular weight is 2100 g/mol. The van der Waals surface area contributed by atoms with E-state index < -0.39 is 24.4 Å². The highest BCUT2D eigenvalue weighted by molar-refractivity contribution is 5.83. The molecular weight excluding hydrogens is 1890 g/mol. The molecule has 0 bridgehead atoms. The summed E-state index contributed by atoms with van der Waals surface area (Å²) in [5.41, 5.74) is 0. The van der Waals surface area contributed by atoms with E-state index in [-0.39, 0.29) is 91.9 Å². The van der Waals surface area contributed by atoms with Gasteiger partial charge in [-0.15, -0.1) is 0 Å². The van der Waals surface area contributed by atoms with E-state index in [9.17, 15) is 47.9 Å². The van der Waals surface area contributed by atoms with Crippen LogP contribution in [0.4, 0.5) is 9.59 Å². The van der Waals surface area contributed by atoms with Crippen molar-refractivity contribution in [2.24, 2.45) is 0 Å². The number of carbonyl (C=O) groups excluding carboxylic acids is 10. The summed E-state index contributed by atoms with van der Waals surface area (Å²) < 4.78 is 110. The van der Waals surface area contributed by atoms with Crippen LogP contribution in [0.15, 0.2) is 0 Å². The van der Waals surface area contributed by atoms with Gasteiger partial charge < -0.3 is 105 Å². The van der Waals surface area contributed by atoms with E-state index in [0.717, 1.165) is 238 Å². The van der Waals surface area contributed by atoms with Crippen molar-refractivity contribution in [2.75, 3.05) is 180 Å². The van der Waals surface area contributed by atoms with Gasteiger partial charge in [0.25, 0.3) is 0 Å². The first-order valence-corrected chi connectivity index (χ1v) is 58.8. The number of rotatable bonds is 105. The number of nitrogens with one attached hydrogen (secondary N) is 1. The quantitative estimate of drug-likeness (QED) is 0.0256. The Morgan fingerprint density at radius 3 is 0.864 bits per heavy atom. The summed E-state index contributed by atoms with van der Waals surface area (Å²) >= 11 is 0. The summed E-state index contributed by atoms with van der Waals surface area (Å²) in [6, 6.07) is 0. The Kier molecular flexibility index (Phi) is 107. The number of nitrogens with zero attached hydrogens (tertiary/aromatic N) is 1. The van der Waals surface area contributed by atoms with Crippen molar-refractivity contribution in [3.8, 4) is 0 Å². The zero-order valence-corrected chi connectivity index (χ0v) is 94.3. The molecule has 0 radical (unpaired) electrons. The number of carbonyl (C=O) groups is 10. The first kappa shape index (κ1) is 141. The third kappa shape index (κ3) is 96.8. The van der Waals surface area contributed by atoms with Gasteiger partial charge in [0.05, 0.1) is 99.0 Å². The summed E-state index contributed by atoms with van der Waals surface area (Å²) in [4.78, 5) is 123. The lowest BCUT2D eigenvalue weighted by Gasteiger charge is -2.23. The molecule has 1 N–H and O–H groups in total. The van der Waals surface area contributed by atoms with Crippen LogP contribution in [0.3, 0.4) is 0 Å². The van der Waals surface area contributed by atoms with Crippen molar-refractivity contribution < 1.29 is 143 Å². The number of esters is 8. The molecule has 0 aliphatic carbocycles. The minimum atomic E-state index is -0.817.